The van der Waals surface area contributed by atoms with Crippen LogP contribution in [0.4, 0.5) is 0 Å². The van der Waals surface area contributed by atoms with Crippen LogP contribution in [0.1, 0.15) is 25.7 Å². The Kier molecular flexibility index (Phi) is 4.41. The highest BCUT2D eigenvalue weighted by Gasteiger charge is 2.37. The van der Waals surface area contributed by atoms with Crippen LogP contribution in [0, 0.1) is 0 Å². The first-order chi connectivity index (χ1) is 9.69. The Morgan fingerprint density at radius 2 is 1.71 bits per heavy atom. The predicted octanol–water partition coefficient (Wildman–Crippen LogP) is -0.0826. The minimum atomic E-state index is -3.98. The highest BCUT2D eigenvalue weighted by atomic mass is 32.2. The zero-order valence-electron chi connectivity index (χ0n) is 11.3. The van der Waals surface area contributed by atoms with E-state index in [1.54, 1.807) is 0 Å². The number of nitrogens with one attached hydrogen (secondary N) is 1. The molecule has 0 aromatic heterocycles. The number of rotatable bonds is 5. The van der Waals surface area contributed by atoms with Crippen LogP contribution in [0.5, 0.6) is 0 Å². The van der Waals surface area contributed by atoms with Crippen LogP contribution >= 0.6 is 0 Å². The van der Waals surface area contributed by atoms with Gasteiger partial charge in [0.05, 0.1) is 21.9 Å². The molecule has 0 atom stereocenters. The fourth-order valence-electron chi connectivity index (χ4n) is 2.51. The fraction of sp³-hybridized carbons (Fsp3) is 0.500. The molecule has 1 saturated carbocycles. The van der Waals surface area contributed by atoms with Gasteiger partial charge in [-0.05, 0) is 31.0 Å². The molecule has 9 heteroatoms. The summed E-state index contributed by atoms with van der Waals surface area (Å²) in [6.07, 6.45) is 2.77. The van der Waals surface area contributed by atoms with E-state index in [1.165, 1.54) is 18.2 Å². The number of primary sulfonamides is 1. The number of hydrogen-bond donors (Lipinski definition) is 3. The molecule has 0 bridgehead atoms. The van der Waals surface area contributed by atoms with E-state index in [0.29, 0.717) is 12.8 Å². The number of hydrogen-bond acceptors (Lipinski definition) is 5. The van der Waals surface area contributed by atoms with Gasteiger partial charge < -0.3 is 5.11 Å². The highest BCUT2D eigenvalue weighted by Crippen LogP contribution is 2.31. The monoisotopic (exact) mass is 334 g/mol. The molecule has 1 aromatic carbocycles. The molecule has 1 aliphatic rings. The molecule has 0 radical (unpaired) electrons. The number of sulfonamides is 2. The Morgan fingerprint density at radius 3 is 2.24 bits per heavy atom. The smallest absolute Gasteiger partial charge is 0.241 e. The summed E-state index contributed by atoms with van der Waals surface area (Å²) in [4.78, 5) is -0.455. The van der Waals surface area contributed by atoms with Crippen molar-refractivity contribution < 1.29 is 21.9 Å². The van der Waals surface area contributed by atoms with Crippen LogP contribution in [-0.2, 0) is 20.0 Å². The third kappa shape index (κ3) is 3.61. The van der Waals surface area contributed by atoms with Gasteiger partial charge in [-0.3, -0.25) is 0 Å². The van der Waals surface area contributed by atoms with E-state index in [2.05, 4.69) is 4.72 Å². The molecular formula is C12H18N2O5S2. The number of benzene rings is 1. The van der Waals surface area contributed by atoms with Crippen molar-refractivity contribution in [2.75, 3.05) is 6.61 Å². The van der Waals surface area contributed by atoms with E-state index in [4.69, 9.17) is 5.14 Å². The lowest BCUT2D eigenvalue weighted by Crippen LogP contribution is -2.49. The third-order valence-corrected chi connectivity index (χ3v) is 6.15. The Balaban J connectivity index is 2.36. The standard InChI is InChI=1S/C12H18N2O5S2/c13-20(16,17)10-4-3-5-11(8-10)21(18,19)14-12(9-15)6-1-2-7-12/h3-5,8,14-15H,1-2,6-7,9H2,(H2,13,16,17). The zero-order valence-corrected chi connectivity index (χ0v) is 13.0. The van der Waals surface area contributed by atoms with E-state index in [1.807, 2.05) is 0 Å². The Labute approximate surface area is 124 Å². The summed E-state index contributed by atoms with van der Waals surface area (Å²) in [5.41, 5.74) is -0.865. The molecule has 118 valence electrons. The molecule has 4 N–H and O–H groups in total. The van der Waals surface area contributed by atoms with Crippen molar-refractivity contribution in [3.8, 4) is 0 Å². The first-order valence-corrected chi connectivity index (χ1v) is 9.49. The molecule has 0 spiro atoms. The topological polar surface area (TPSA) is 127 Å². The van der Waals surface area contributed by atoms with E-state index in [0.717, 1.165) is 18.9 Å². The van der Waals surface area contributed by atoms with E-state index in [9.17, 15) is 21.9 Å². The van der Waals surface area contributed by atoms with E-state index >= 15 is 0 Å². The van der Waals surface area contributed by atoms with E-state index in [-0.39, 0.29) is 16.4 Å². The molecule has 7 nitrogen and oxygen atoms in total. The Morgan fingerprint density at radius 1 is 1.14 bits per heavy atom. The van der Waals surface area contributed by atoms with Gasteiger partial charge >= 0.3 is 0 Å². The minimum absolute atomic E-state index is 0.186. The van der Waals surface area contributed by atoms with Crippen LogP contribution in [0.2, 0.25) is 0 Å². The Hall–Kier alpha value is -1.00. The number of aliphatic hydroxyl groups is 1. The quantitative estimate of drug-likeness (QED) is 0.694. The summed E-state index contributed by atoms with van der Waals surface area (Å²) in [7, 11) is -7.90. The van der Waals surface area contributed by atoms with E-state index < -0.39 is 25.6 Å². The third-order valence-electron chi connectivity index (χ3n) is 3.66. The van der Waals surface area contributed by atoms with Crippen molar-refractivity contribution >= 4 is 20.0 Å². The largest absolute Gasteiger partial charge is 0.394 e. The summed E-state index contributed by atoms with van der Waals surface area (Å²) in [6.45, 7) is -0.291. The first-order valence-electron chi connectivity index (χ1n) is 6.46. The average molecular weight is 334 g/mol. The van der Waals surface area contributed by atoms with Crippen LogP contribution < -0.4 is 9.86 Å². The molecule has 1 fully saturated rings. The van der Waals surface area contributed by atoms with Gasteiger partial charge in [0.25, 0.3) is 0 Å². The van der Waals surface area contributed by atoms with Gasteiger partial charge in [-0.2, -0.15) is 0 Å². The molecular weight excluding hydrogens is 316 g/mol. The van der Waals surface area contributed by atoms with Crippen molar-refractivity contribution in [1.82, 2.24) is 4.72 Å². The molecule has 1 aliphatic carbocycles. The minimum Gasteiger partial charge on any atom is -0.394 e. The number of nitrogens with two attached hydrogens (primary N) is 1. The predicted molar refractivity (Wildman–Crippen MR) is 76.4 cm³/mol. The maximum Gasteiger partial charge on any atom is 0.241 e. The van der Waals surface area contributed by atoms with Gasteiger partial charge in [-0.1, -0.05) is 18.9 Å². The summed E-state index contributed by atoms with van der Waals surface area (Å²) in [6, 6.07) is 4.84. The normalized spacial score (nSPS) is 18.8. The molecule has 2 rings (SSSR count). The van der Waals surface area contributed by atoms with Crippen molar-refractivity contribution in [2.45, 2.75) is 41.0 Å². The SMILES string of the molecule is NS(=O)(=O)c1cccc(S(=O)(=O)NC2(CO)CCCC2)c1. The van der Waals surface area contributed by atoms with Gasteiger partial charge in [0, 0.05) is 0 Å². The zero-order chi connectivity index (χ0) is 15.7. The summed E-state index contributed by atoms with van der Waals surface area (Å²) in [5.74, 6) is 0. The summed E-state index contributed by atoms with van der Waals surface area (Å²) < 4.78 is 49.8. The second-order valence-electron chi connectivity index (χ2n) is 5.27. The highest BCUT2D eigenvalue weighted by molar-refractivity contribution is 7.90. The van der Waals surface area contributed by atoms with Gasteiger partial charge in [0.15, 0.2) is 0 Å². The van der Waals surface area contributed by atoms with Gasteiger partial charge in [-0.25, -0.2) is 26.7 Å². The van der Waals surface area contributed by atoms with Crippen LogP contribution in [-0.4, -0.2) is 34.1 Å². The maximum atomic E-state index is 12.4. The lowest BCUT2D eigenvalue weighted by Gasteiger charge is -2.27. The van der Waals surface area contributed by atoms with Crippen molar-refractivity contribution in [3.63, 3.8) is 0 Å². The second kappa shape index (κ2) is 5.65. The molecule has 0 heterocycles. The molecule has 0 amide bonds. The summed E-state index contributed by atoms with van der Waals surface area (Å²) in [5, 5.41) is 14.5. The van der Waals surface area contributed by atoms with Crippen LogP contribution in [0.3, 0.4) is 0 Å². The van der Waals surface area contributed by atoms with Crippen LogP contribution in [0.15, 0.2) is 34.1 Å². The Bertz CT molecular complexity index is 722. The van der Waals surface area contributed by atoms with Crippen molar-refractivity contribution in [3.05, 3.63) is 24.3 Å². The average Bonchev–Trinajstić information content (AvgIpc) is 2.86. The number of aliphatic hydroxyl groups excluding tert-OH is 1. The molecule has 0 saturated heterocycles. The molecule has 0 aliphatic heterocycles. The lowest BCUT2D eigenvalue weighted by atomic mass is 10.0. The molecule has 1 aromatic rings. The van der Waals surface area contributed by atoms with Crippen LogP contribution in [0.25, 0.3) is 0 Å². The first kappa shape index (κ1) is 16.4. The van der Waals surface area contributed by atoms with Gasteiger partial charge in [0.1, 0.15) is 0 Å². The van der Waals surface area contributed by atoms with Crippen molar-refractivity contribution in [2.24, 2.45) is 5.14 Å². The van der Waals surface area contributed by atoms with Gasteiger partial charge in [-0.15, -0.1) is 0 Å². The summed E-state index contributed by atoms with van der Waals surface area (Å²) >= 11 is 0. The lowest BCUT2D eigenvalue weighted by molar-refractivity contribution is 0.185. The molecule has 21 heavy (non-hydrogen) atoms. The van der Waals surface area contributed by atoms with Gasteiger partial charge in [0.2, 0.25) is 20.0 Å². The maximum absolute atomic E-state index is 12.4. The fourth-order valence-corrected chi connectivity index (χ4v) is 4.64. The molecule has 0 unspecified atom stereocenters. The van der Waals surface area contributed by atoms with Crippen molar-refractivity contribution in [1.29, 1.82) is 0 Å². The second-order valence-corrected chi connectivity index (χ2v) is 8.51.